The Labute approximate surface area is 188 Å². The molecule has 4 aromatic rings. The van der Waals surface area contributed by atoms with Crippen molar-refractivity contribution in [2.45, 2.75) is 40.2 Å². The molecule has 1 amide bonds. The number of nitrogens with one attached hydrogen (secondary N) is 1. The number of carbonyl (C=O) groups excluding carboxylic acids is 1. The zero-order valence-electron chi connectivity index (χ0n) is 19.1. The maximum atomic E-state index is 12.2. The highest BCUT2D eigenvalue weighted by molar-refractivity contribution is 6.09. The lowest BCUT2D eigenvalue weighted by molar-refractivity contribution is -0.123. The van der Waals surface area contributed by atoms with Crippen LogP contribution >= 0.6 is 0 Å². The van der Waals surface area contributed by atoms with Gasteiger partial charge in [0, 0.05) is 28.4 Å². The number of nitrogens with zero attached hydrogens (tertiary/aromatic N) is 2. The Morgan fingerprint density at radius 1 is 1.06 bits per heavy atom. The van der Waals surface area contributed by atoms with E-state index in [1.54, 1.807) is 6.21 Å². The lowest BCUT2D eigenvalue weighted by Gasteiger charge is -2.14. The molecule has 1 N–H and O–H groups in total. The minimum Gasteiger partial charge on any atom is -0.483 e. The third-order valence-corrected chi connectivity index (χ3v) is 5.67. The first kappa shape index (κ1) is 21.6. The monoisotopic (exact) mass is 427 g/mol. The molecule has 32 heavy (non-hydrogen) atoms. The molecule has 0 saturated carbocycles. The van der Waals surface area contributed by atoms with E-state index >= 15 is 0 Å². The topological polar surface area (TPSA) is 55.6 Å². The van der Waals surface area contributed by atoms with E-state index in [9.17, 15) is 4.79 Å². The number of benzene rings is 3. The van der Waals surface area contributed by atoms with Crippen molar-refractivity contribution >= 4 is 33.9 Å². The smallest absolute Gasteiger partial charge is 0.277 e. The number of fused-ring (bicyclic) bond motifs is 3. The Hall–Kier alpha value is -3.60. The van der Waals surface area contributed by atoms with Crippen molar-refractivity contribution in [3.63, 3.8) is 0 Å². The summed E-state index contributed by atoms with van der Waals surface area (Å²) in [7, 11) is 0. The molecule has 1 heterocycles. The molecular formula is C27H29N3O2. The van der Waals surface area contributed by atoms with E-state index in [0.29, 0.717) is 5.92 Å². The number of hydrogen-bond donors (Lipinski definition) is 1. The van der Waals surface area contributed by atoms with Crippen molar-refractivity contribution in [2.75, 3.05) is 6.61 Å². The van der Waals surface area contributed by atoms with Gasteiger partial charge in [0.1, 0.15) is 5.75 Å². The number of rotatable bonds is 7. The maximum Gasteiger partial charge on any atom is 0.277 e. The molecule has 164 valence electrons. The second kappa shape index (κ2) is 9.27. The molecule has 0 spiro atoms. The first-order valence-electron chi connectivity index (χ1n) is 11.0. The number of aryl methyl sites for hydroxylation is 2. The molecule has 0 unspecified atom stereocenters. The number of amides is 1. The fourth-order valence-electron chi connectivity index (χ4n) is 4.09. The van der Waals surface area contributed by atoms with Gasteiger partial charge >= 0.3 is 0 Å². The summed E-state index contributed by atoms with van der Waals surface area (Å²) in [5.74, 6) is 0.776. The third kappa shape index (κ3) is 4.37. The van der Waals surface area contributed by atoms with Crippen molar-refractivity contribution in [3.8, 4) is 5.75 Å². The highest BCUT2D eigenvalue weighted by Gasteiger charge is 2.11. The Morgan fingerprint density at radius 3 is 2.62 bits per heavy atom. The molecule has 3 aromatic carbocycles. The van der Waals surface area contributed by atoms with Gasteiger partial charge in [-0.05, 0) is 60.7 Å². The van der Waals surface area contributed by atoms with Gasteiger partial charge in [-0.2, -0.15) is 5.10 Å². The number of para-hydroxylation sites is 1. The van der Waals surface area contributed by atoms with Gasteiger partial charge in [-0.3, -0.25) is 4.79 Å². The van der Waals surface area contributed by atoms with Crippen LogP contribution in [0.5, 0.6) is 5.75 Å². The number of hydrogen-bond acceptors (Lipinski definition) is 3. The molecular weight excluding hydrogens is 398 g/mol. The maximum absolute atomic E-state index is 12.2. The molecule has 0 atom stereocenters. The normalized spacial score (nSPS) is 11.7. The van der Waals surface area contributed by atoms with Crippen LogP contribution in [0.4, 0.5) is 0 Å². The lowest BCUT2D eigenvalue weighted by atomic mass is 10.0. The van der Waals surface area contributed by atoms with Crippen LogP contribution in [-0.4, -0.2) is 23.3 Å². The fourth-order valence-corrected chi connectivity index (χ4v) is 4.09. The van der Waals surface area contributed by atoms with Crippen LogP contribution in [0.1, 0.15) is 43.4 Å². The second-order valence-corrected chi connectivity index (χ2v) is 8.32. The molecule has 0 aliphatic heterocycles. The highest BCUT2D eigenvalue weighted by atomic mass is 16.5. The Kier molecular flexibility index (Phi) is 6.26. The third-order valence-electron chi connectivity index (χ3n) is 5.67. The van der Waals surface area contributed by atoms with Gasteiger partial charge in [0.15, 0.2) is 6.61 Å². The Morgan fingerprint density at radius 2 is 1.84 bits per heavy atom. The molecule has 4 rings (SSSR count). The van der Waals surface area contributed by atoms with Gasteiger partial charge in [0.2, 0.25) is 0 Å². The molecule has 0 bridgehead atoms. The van der Waals surface area contributed by atoms with Gasteiger partial charge in [-0.15, -0.1) is 0 Å². The summed E-state index contributed by atoms with van der Waals surface area (Å²) in [6.07, 6.45) is 1.67. The molecule has 0 aliphatic carbocycles. The van der Waals surface area contributed by atoms with E-state index in [1.165, 1.54) is 21.8 Å². The average molecular weight is 428 g/mol. The van der Waals surface area contributed by atoms with Gasteiger partial charge in [0.05, 0.1) is 6.21 Å². The van der Waals surface area contributed by atoms with Crippen molar-refractivity contribution in [3.05, 3.63) is 77.4 Å². The van der Waals surface area contributed by atoms with Crippen LogP contribution in [0.3, 0.4) is 0 Å². The number of aromatic nitrogens is 1. The molecule has 1 aromatic heterocycles. The van der Waals surface area contributed by atoms with Crippen molar-refractivity contribution in [2.24, 2.45) is 5.10 Å². The SMILES string of the molecule is CCn1c2ccccc2c2cc(/C=N\NC(=O)COc3cc(C)ccc3C(C)C)ccc21. The van der Waals surface area contributed by atoms with E-state index < -0.39 is 0 Å². The number of carbonyl (C=O) groups is 1. The standard InChI is InChI=1S/C27H29N3O2/c1-5-30-24-9-7-6-8-22(24)23-15-20(11-13-25(23)30)16-28-29-27(31)17-32-26-14-19(4)10-12-21(26)18(2)3/h6-16,18H,5,17H2,1-4H3,(H,29,31)/b28-16-. The molecule has 0 radical (unpaired) electrons. The van der Waals surface area contributed by atoms with Crippen molar-refractivity contribution in [1.29, 1.82) is 0 Å². The quantitative estimate of drug-likeness (QED) is 0.300. The van der Waals surface area contributed by atoms with E-state index in [4.69, 9.17) is 4.74 Å². The molecule has 0 aliphatic rings. The van der Waals surface area contributed by atoms with Crippen LogP contribution in [0.2, 0.25) is 0 Å². The zero-order chi connectivity index (χ0) is 22.7. The molecule has 0 fully saturated rings. The van der Waals surface area contributed by atoms with Gasteiger partial charge in [-0.1, -0.05) is 50.2 Å². The predicted molar refractivity (Wildman–Crippen MR) is 132 cm³/mol. The summed E-state index contributed by atoms with van der Waals surface area (Å²) in [5, 5.41) is 6.53. The first-order chi connectivity index (χ1) is 15.5. The van der Waals surface area contributed by atoms with E-state index in [2.05, 4.69) is 84.4 Å². The second-order valence-electron chi connectivity index (χ2n) is 8.32. The van der Waals surface area contributed by atoms with Crippen molar-refractivity contribution in [1.82, 2.24) is 9.99 Å². The summed E-state index contributed by atoms with van der Waals surface area (Å²) in [5.41, 5.74) is 8.10. The number of ether oxygens (including phenoxy) is 1. The van der Waals surface area contributed by atoms with Crippen LogP contribution in [0, 0.1) is 6.92 Å². The van der Waals surface area contributed by atoms with E-state index in [0.717, 1.165) is 29.0 Å². The zero-order valence-corrected chi connectivity index (χ0v) is 19.1. The number of hydrazone groups is 1. The first-order valence-corrected chi connectivity index (χ1v) is 11.0. The Balaban J connectivity index is 1.45. The van der Waals surface area contributed by atoms with Gasteiger partial charge < -0.3 is 9.30 Å². The van der Waals surface area contributed by atoms with Gasteiger partial charge in [0.25, 0.3) is 5.91 Å². The van der Waals surface area contributed by atoms with Crippen LogP contribution in [-0.2, 0) is 11.3 Å². The largest absolute Gasteiger partial charge is 0.483 e. The fraction of sp³-hybridized carbons (Fsp3) is 0.259. The summed E-state index contributed by atoms with van der Waals surface area (Å²) in [6.45, 7) is 9.21. The summed E-state index contributed by atoms with van der Waals surface area (Å²) < 4.78 is 8.08. The lowest BCUT2D eigenvalue weighted by Crippen LogP contribution is -2.25. The molecule has 0 saturated heterocycles. The molecule has 5 nitrogen and oxygen atoms in total. The minimum atomic E-state index is -0.291. The van der Waals surface area contributed by atoms with E-state index in [-0.39, 0.29) is 12.5 Å². The van der Waals surface area contributed by atoms with Crippen LogP contribution < -0.4 is 10.2 Å². The van der Waals surface area contributed by atoms with Crippen LogP contribution in [0.15, 0.2) is 65.8 Å². The Bertz CT molecular complexity index is 1300. The summed E-state index contributed by atoms with van der Waals surface area (Å²) in [4.78, 5) is 12.2. The summed E-state index contributed by atoms with van der Waals surface area (Å²) >= 11 is 0. The predicted octanol–water partition coefficient (Wildman–Crippen LogP) is 5.78. The summed E-state index contributed by atoms with van der Waals surface area (Å²) in [6, 6.07) is 20.7. The minimum absolute atomic E-state index is 0.0798. The van der Waals surface area contributed by atoms with E-state index in [1.807, 2.05) is 19.1 Å². The average Bonchev–Trinajstić information content (AvgIpc) is 3.10. The highest BCUT2D eigenvalue weighted by Crippen LogP contribution is 2.29. The van der Waals surface area contributed by atoms with Crippen molar-refractivity contribution < 1.29 is 9.53 Å². The van der Waals surface area contributed by atoms with Gasteiger partial charge in [-0.25, -0.2) is 5.43 Å². The van der Waals surface area contributed by atoms with Crippen LogP contribution in [0.25, 0.3) is 21.8 Å². The molecule has 5 heteroatoms.